The Labute approximate surface area is 213 Å². The van der Waals surface area contributed by atoms with Crippen molar-refractivity contribution >= 4 is 0 Å². The van der Waals surface area contributed by atoms with Crippen molar-refractivity contribution in [2.75, 3.05) is 6.61 Å². The Bertz CT molecular complexity index is 688. The van der Waals surface area contributed by atoms with Gasteiger partial charge >= 0.3 is 0 Å². The third-order valence-electron chi connectivity index (χ3n) is 8.62. The van der Waals surface area contributed by atoms with Gasteiger partial charge in [-0.2, -0.15) is 0 Å². The number of alkyl halides is 2. The van der Waals surface area contributed by atoms with Crippen molar-refractivity contribution in [2.24, 2.45) is 17.8 Å². The standard InChI is InChI=1S/C30H50F2N2O/c1-3-5-7-8-9-10-12-20-35-27-22-33-29(34-23-27)28-19-18-26(21-30(28,31)32)25-16-14-24(15-17-25)13-11-6-4-2/h22-26,28H,3-21H2,1-2H3/t24?,25?,26-,28+/m0/s1. The van der Waals surface area contributed by atoms with Crippen molar-refractivity contribution in [1.82, 2.24) is 9.97 Å². The van der Waals surface area contributed by atoms with Gasteiger partial charge in [-0.1, -0.05) is 90.9 Å². The zero-order chi connectivity index (χ0) is 24.9. The van der Waals surface area contributed by atoms with Crippen LogP contribution in [0.3, 0.4) is 0 Å². The minimum atomic E-state index is -2.72. The molecular formula is C30H50F2N2O. The number of hydrogen-bond acceptors (Lipinski definition) is 3. The van der Waals surface area contributed by atoms with Crippen molar-refractivity contribution in [2.45, 2.75) is 141 Å². The van der Waals surface area contributed by atoms with Crippen LogP contribution < -0.4 is 4.74 Å². The Morgan fingerprint density at radius 2 is 1.37 bits per heavy atom. The molecule has 1 aromatic heterocycles. The first kappa shape index (κ1) is 28.3. The van der Waals surface area contributed by atoms with E-state index in [-0.39, 0.29) is 18.2 Å². The van der Waals surface area contributed by atoms with Crippen molar-refractivity contribution < 1.29 is 13.5 Å². The molecule has 5 heteroatoms. The smallest absolute Gasteiger partial charge is 0.258 e. The molecule has 0 saturated heterocycles. The quantitative estimate of drug-likeness (QED) is 0.229. The molecule has 1 aromatic rings. The Hall–Kier alpha value is -1.26. The summed E-state index contributed by atoms with van der Waals surface area (Å²) in [6.45, 7) is 5.12. The van der Waals surface area contributed by atoms with Crippen molar-refractivity contribution in [3.05, 3.63) is 18.2 Å². The summed E-state index contributed by atoms with van der Waals surface area (Å²) in [7, 11) is 0. The van der Waals surface area contributed by atoms with Gasteiger partial charge in [0.2, 0.25) is 0 Å². The molecule has 0 aliphatic heterocycles. The summed E-state index contributed by atoms with van der Waals surface area (Å²) in [6, 6.07) is 0. The number of aromatic nitrogens is 2. The summed E-state index contributed by atoms with van der Waals surface area (Å²) < 4.78 is 36.2. The van der Waals surface area contributed by atoms with Gasteiger partial charge < -0.3 is 4.74 Å². The largest absolute Gasteiger partial charge is 0.490 e. The second-order valence-electron chi connectivity index (χ2n) is 11.4. The van der Waals surface area contributed by atoms with Gasteiger partial charge in [0.15, 0.2) is 5.75 Å². The zero-order valence-electron chi connectivity index (χ0n) is 22.5. The first-order valence-corrected chi connectivity index (χ1v) is 14.9. The monoisotopic (exact) mass is 492 g/mol. The lowest BCUT2D eigenvalue weighted by molar-refractivity contribution is -0.0866. The molecule has 3 nitrogen and oxygen atoms in total. The summed E-state index contributed by atoms with van der Waals surface area (Å²) in [5.41, 5.74) is 0. The third kappa shape index (κ3) is 9.28. The van der Waals surface area contributed by atoms with Crippen LogP contribution in [0.5, 0.6) is 5.75 Å². The number of rotatable bonds is 15. The molecule has 2 atom stereocenters. The van der Waals surface area contributed by atoms with E-state index in [4.69, 9.17) is 4.74 Å². The molecule has 35 heavy (non-hydrogen) atoms. The van der Waals surface area contributed by atoms with E-state index in [1.165, 1.54) is 77.0 Å². The predicted molar refractivity (Wildman–Crippen MR) is 140 cm³/mol. The molecule has 200 valence electrons. The predicted octanol–water partition coefficient (Wildman–Crippen LogP) is 9.51. The minimum Gasteiger partial charge on any atom is -0.490 e. The van der Waals surface area contributed by atoms with Crippen LogP contribution in [-0.2, 0) is 0 Å². The SMILES string of the molecule is CCCCCCCCCOc1cnc([C@H]2CC[C@H](C3CCC(CCCCC)CC3)CC2(F)F)nc1. The van der Waals surface area contributed by atoms with Crippen LogP contribution in [0.15, 0.2) is 12.4 Å². The van der Waals surface area contributed by atoms with Crippen LogP contribution in [0.1, 0.15) is 141 Å². The molecule has 2 saturated carbocycles. The lowest BCUT2D eigenvalue weighted by Gasteiger charge is -2.41. The van der Waals surface area contributed by atoms with Crippen molar-refractivity contribution in [3.8, 4) is 5.75 Å². The number of nitrogens with zero attached hydrogens (tertiary/aromatic N) is 2. The van der Waals surface area contributed by atoms with Crippen molar-refractivity contribution in [1.29, 1.82) is 0 Å². The summed E-state index contributed by atoms with van der Waals surface area (Å²) in [5, 5.41) is 0. The van der Waals surface area contributed by atoms with Gasteiger partial charge in [0.05, 0.1) is 24.9 Å². The third-order valence-corrected chi connectivity index (χ3v) is 8.62. The highest BCUT2D eigenvalue weighted by atomic mass is 19.3. The van der Waals surface area contributed by atoms with Gasteiger partial charge in [0.1, 0.15) is 5.82 Å². The van der Waals surface area contributed by atoms with Crippen molar-refractivity contribution in [3.63, 3.8) is 0 Å². The first-order valence-electron chi connectivity index (χ1n) is 14.9. The zero-order valence-corrected chi connectivity index (χ0v) is 22.5. The maximum Gasteiger partial charge on any atom is 0.258 e. The van der Waals surface area contributed by atoms with Gasteiger partial charge in [-0.15, -0.1) is 0 Å². The van der Waals surface area contributed by atoms with E-state index in [1.807, 2.05) is 0 Å². The topological polar surface area (TPSA) is 35.0 Å². The van der Waals surface area contributed by atoms with E-state index in [0.29, 0.717) is 24.7 Å². The molecule has 0 aromatic carbocycles. The summed E-state index contributed by atoms with van der Waals surface area (Å²) in [5.74, 6) is -1.24. The lowest BCUT2D eigenvalue weighted by Crippen LogP contribution is -2.38. The molecule has 2 fully saturated rings. The fourth-order valence-electron chi connectivity index (χ4n) is 6.37. The van der Waals surface area contributed by atoms with E-state index < -0.39 is 11.8 Å². The molecule has 2 aliphatic rings. The molecule has 0 unspecified atom stereocenters. The van der Waals surface area contributed by atoms with Crippen LogP contribution in [0.2, 0.25) is 0 Å². The van der Waals surface area contributed by atoms with Crippen LogP contribution in [0.4, 0.5) is 8.78 Å². The van der Waals surface area contributed by atoms with Gasteiger partial charge in [-0.3, -0.25) is 0 Å². The average molecular weight is 493 g/mol. The Balaban J connectivity index is 1.39. The number of ether oxygens (including phenoxy) is 1. The second kappa shape index (κ2) is 15.1. The molecule has 0 amide bonds. The van der Waals surface area contributed by atoms with E-state index in [9.17, 15) is 0 Å². The summed E-state index contributed by atoms with van der Waals surface area (Å²) in [6.07, 6.45) is 23.2. The van der Waals surface area contributed by atoms with E-state index in [1.54, 1.807) is 12.4 Å². The Morgan fingerprint density at radius 3 is 2.03 bits per heavy atom. The Morgan fingerprint density at radius 1 is 0.771 bits per heavy atom. The van der Waals surface area contributed by atoms with Gasteiger partial charge in [-0.05, 0) is 49.9 Å². The first-order chi connectivity index (χ1) is 17.0. The van der Waals surface area contributed by atoms with E-state index >= 15 is 8.78 Å². The second-order valence-corrected chi connectivity index (χ2v) is 11.4. The average Bonchev–Trinajstić information content (AvgIpc) is 2.86. The minimum absolute atomic E-state index is 0.00268. The van der Waals surface area contributed by atoms with Crippen LogP contribution in [0, 0.1) is 17.8 Å². The molecule has 0 radical (unpaired) electrons. The molecule has 0 bridgehead atoms. The molecule has 3 rings (SSSR count). The highest BCUT2D eigenvalue weighted by Crippen LogP contribution is 2.50. The van der Waals surface area contributed by atoms with Crippen LogP contribution in [0.25, 0.3) is 0 Å². The number of halogens is 2. The van der Waals surface area contributed by atoms with Gasteiger partial charge in [0.25, 0.3) is 5.92 Å². The fraction of sp³-hybridized carbons (Fsp3) is 0.867. The summed E-state index contributed by atoms with van der Waals surface area (Å²) >= 11 is 0. The van der Waals surface area contributed by atoms with E-state index in [0.717, 1.165) is 31.6 Å². The van der Waals surface area contributed by atoms with Crippen LogP contribution >= 0.6 is 0 Å². The van der Waals surface area contributed by atoms with Gasteiger partial charge in [0, 0.05) is 6.42 Å². The fourth-order valence-corrected chi connectivity index (χ4v) is 6.37. The molecule has 0 spiro atoms. The Kier molecular flexibility index (Phi) is 12.2. The summed E-state index contributed by atoms with van der Waals surface area (Å²) in [4.78, 5) is 8.63. The highest BCUT2D eigenvalue weighted by Gasteiger charge is 2.49. The van der Waals surface area contributed by atoms with Gasteiger partial charge in [-0.25, -0.2) is 18.7 Å². The maximum atomic E-state index is 15.2. The highest BCUT2D eigenvalue weighted by molar-refractivity contribution is 5.15. The molecular weight excluding hydrogens is 442 g/mol. The molecule has 0 N–H and O–H groups in total. The number of hydrogen-bond donors (Lipinski definition) is 0. The van der Waals surface area contributed by atoms with E-state index in [2.05, 4.69) is 23.8 Å². The maximum absolute atomic E-state index is 15.2. The number of unbranched alkanes of at least 4 members (excludes halogenated alkanes) is 8. The normalized spacial score (nSPS) is 26.5. The molecule has 1 heterocycles. The van der Waals surface area contributed by atoms with Crippen LogP contribution in [-0.4, -0.2) is 22.5 Å². The molecule has 2 aliphatic carbocycles. The lowest BCUT2D eigenvalue weighted by atomic mass is 9.67.